The average molecular weight is 234 g/mol. The number of carbonyl (C=O) groups excluding carboxylic acids is 1. The summed E-state index contributed by atoms with van der Waals surface area (Å²) in [6, 6.07) is 8.63. The van der Waals surface area contributed by atoms with Crippen LogP contribution in [0, 0.1) is 0 Å². The number of hydrogen-bond acceptors (Lipinski definition) is 2. The highest BCUT2D eigenvalue weighted by Gasteiger charge is 2.01. The standard InChI is InChI=1S/C14H22N2O/c1-11(2)13-6-4-5-12(9-13)7-8-16-10-14(17)15-3/h4-6,9,11,16H,7-8,10H2,1-3H3,(H,15,17). The number of hydrogen-bond donors (Lipinski definition) is 2. The number of nitrogens with one attached hydrogen (secondary N) is 2. The SMILES string of the molecule is CNC(=O)CNCCc1cccc(C(C)C)c1. The van der Waals surface area contributed by atoms with Crippen molar-refractivity contribution in [2.75, 3.05) is 20.1 Å². The van der Waals surface area contributed by atoms with Gasteiger partial charge in [-0.2, -0.15) is 0 Å². The summed E-state index contributed by atoms with van der Waals surface area (Å²) in [6.45, 7) is 5.61. The largest absolute Gasteiger partial charge is 0.358 e. The topological polar surface area (TPSA) is 41.1 Å². The molecule has 1 aromatic carbocycles. The molecule has 0 fully saturated rings. The lowest BCUT2D eigenvalue weighted by Crippen LogP contribution is -2.32. The molecule has 0 spiro atoms. The molecule has 3 heteroatoms. The third-order valence-electron chi connectivity index (χ3n) is 2.77. The van der Waals surface area contributed by atoms with Crippen LogP contribution in [-0.4, -0.2) is 26.0 Å². The first-order valence-corrected chi connectivity index (χ1v) is 6.13. The molecule has 3 nitrogen and oxygen atoms in total. The predicted molar refractivity (Wildman–Crippen MR) is 71.2 cm³/mol. The molecule has 17 heavy (non-hydrogen) atoms. The normalized spacial score (nSPS) is 10.6. The van der Waals surface area contributed by atoms with E-state index in [-0.39, 0.29) is 5.91 Å². The summed E-state index contributed by atoms with van der Waals surface area (Å²) in [4.78, 5) is 11.0. The Labute approximate surface area is 104 Å². The van der Waals surface area contributed by atoms with Gasteiger partial charge in [0, 0.05) is 7.05 Å². The Morgan fingerprint density at radius 2 is 2.12 bits per heavy atom. The fourth-order valence-corrected chi connectivity index (χ4v) is 1.63. The van der Waals surface area contributed by atoms with Gasteiger partial charge >= 0.3 is 0 Å². The van der Waals surface area contributed by atoms with E-state index < -0.39 is 0 Å². The van der Waals surface area contributed by atoms with Crippen LogP contribution in [0.2, 0.25) is 0 Å². The third-order valence-corrected chi connectivity index (χ3v) is 2.77. The summed E-state index contributed by atoms with van der Waals surface area (Å²) in [5, 5.41) is 5.71. The van der Waals surface area contributed by atoms with E-state index in [2.05, 4.69) is 48.7 Å². The summed E-state index contributed by atoms with van der Waals surface area (Å²) in [5.74, 6) is 0.592. The highest BCUT2D eigenvalue weighted by molar-refractivity contribution is 5.77. The van der Waals surface area contributed by atoms with Crippen molar-refractivity contribution in [1.82, 2.24) is 10.6 Å². The first-order valence-electron chi connectivity index (χ1n) is 6.13. The smallest absolute Gasteiger partial charge is 0.233 e. The molecule has 1 amide bonds. The molecule has 0 aliphatic rings. The highest BCUT2D eigenvalue weighted by atomic mass is 16.1. The molecule has 0 radical (unpaired) electrons. The van der Waals surface area contributed by atoms with Crippen LogP contribution in [0.5, 0.6) is 0 Å². The minimum Gasteiger partial charge on any atom is -0.358 e. The lowest BCUT2D eigenvalue weighted by atomic mass is 10.00. The predicted octanol–water partition coefficient (Wildman–Crippen LogP) is 1.69. The quantitative estimate of drug-likeness (QED) is 0.735. The molecule has 0 unspecified atom stereocenters. The maximum Gasteiger partial charge on any atom is 0.233 e. The van der Waals surface area contributed by atoms with E-state index in [0.29, 0.717) is 12.5 Å². The van der Waals surface area contributed by atoms with Crippen molar-refractivity contribution in [2.24, 2.45) is 0 Å². The zero-order chi connectivity index (χ0) is 12.7. The van der Waals surface area contributed by atoms with E-state index in [0.717, 1.165) is 13.0 Å². The third kappa shape index (κ3) is 5.00. The van der Waals surface area contributed by atoms with Gasteiger partial charge in [0.25, 0.3) is 0 Å². The van der Waals surface area contributed by atoms with Gasteiger partial charge in [0.1, 0.15) is 0 Å². The first-order chi connectivity index (χ1) is 8.13. The summed E-state index contributed by atoms with van der Waals surface area (Å²) < 4.78 is 0. The Morgan fingerprint density at radius 3 is 2.76 bits per heavy atom. The molecule has 0 aliphatic heterocycles. The van der Waals surface area contributed by atoms with Crippen LogP contribution in [0.1, 0.15) is 30.9 Å². The average Bonchev–Trinajstić information content (AvgIpc) is 2.34. The van der Waals surface area contributed by atoms with Crippen LogP contribution >= 0.6 is 0 Å². The van der Waals surface area contributed by atoms with E-state index in [1.807, 2.05) is 0 Å². The molecular formula is C14H22N2O. The van der Waals surface area contributed by atoms with Crippen molar-refractivity contribution in [3.63, 3.8) is 0 Å². The second kappa shape index (κ2) is 7.07. The van der Waals surface area contributed by atoms with Crippen molar-refractivity contribution in [2.45, 2.75) is 26.2 Å². The molecule has 0 aromatic heterocycles. The number of likely N-dealkylation sites (N-methyl/N-ethyl adjacent to an activating group) is 1. The second-order valence-corrected chi connectivity index (χ2v) is 4.50. The molecule has 2 N–H and O–H groups in total. The van der Waals surface area contributed by atoms with Crippen LogP contribution in [0.4, 0.5) is 0 Å². The van der Waals surface area contributed by atoms with Gasteiger partial charge in [-0.05, 0) is 30.0 Å². The summed E-state index contributed by atoms with van der Waals surface area (Å²) in [6.07, 6.45) is 0.956. The van der Waals surface area contributed by atoms with E-state index in [1.165, 1.54) is 11.1 Å². The Morgan fingerprint density at radius 1 is 1.35 bits per heavy atom. The van der Waals surface area contributed by atoms with Gasteiger partial charge in [0.15, 0.2) is 0 Å². The van der Waals surface area contributed by atoms with Gasteiger partial charge in [0.2, 0.25) is 5.91 Å². The van der Waals surface area contributed by atoms with Crippen LogP contribution in [-0.2, 0) is 11.2 Å². The fourth-order valence-electron chi connectivity index (χ4n) is 1.63. The van der Waals surface area contributed by atoms with Crippen molar-refractivity contribution in [3.8, 4) is 0 Å². The molecular weight excluding hydrogens is 212 g/mol. The van der Waals surface area contributed by atoms with Gasteiger partial charge in [-0.15, -0.1) is 0 Å². The van der Waals surface area contributed by atoms with Crippen LogP contribution in [0.3, 0.4) is 0 Å². The van der Waals surface area contributed by atoms with Gasteiger partial charge in [-0.25, -0.2) is 0 Å². The lowest BCUT2D eigenvalue weighted by molar-refractivity contribution is -0.119. The number of carbonyl (C=O) groups is 1. The van der Waals surface area contributed by atoms with Crippen molar-refractivity contribution < 1.29 is 4.79 Å². The molecule has 0 aliphatic carbocycles. The molecule has 0 bridgehead atoms. The monoisotopic (exact) mass is 234 g/mol. The first kappa shape index (κ1) is 13.7. The van der Waals surface area contributed by atoms with Crippen LogP contribution in [0.15, 0.2) is 24.3 Å². The molecule has 1 aromatic rings. The lowest BCUT2D eigenvalue weighted by Gasteiger charge is -2.08. The van der Waals surface area contributed by atoms with E-state index >= 15 is 0 Å². The molecule has 0 saturated heterocycles. The Balaban J connectivity index is 2.36. The van der Waals surface area contributed by atoms with Gasteiger partial charge in [-0.1, -0.05) is 38.1 Å². The number of benzene rings is 1. The van der Waals surface area contributed by atoms with Crippen molar-refractivity contribution >= 4 is 5.91 Å². The fraction of sp³-hybridized carbons (Fsp3) is 0.500. The minimum absolute atomic E-state index is 0.0286. The summed E-state index contributed by atoms with van der Waals surface area (Å²) in [5.41, 5.74) is 2.69. The Kier molecular flexibility index (Phi) is 5.70. The second-order valence-electron chi connectivity index (χ2n) is 4.50. The van der Waals surface area contributed by atoms with Gasteiger partial charge < -0.3 is 10.6 Å². The zero-order valence-corrected chi connectivity index (χ0v) is 10.9. The summed E-state index contributed by atoms with van der Waals surface area (Å²) in [7, 11) is 1.65. The minimum atomic E-state index is 0.0286. The molecule has 0 atom stereocenters. The maximum absolute atomic E-state index is 11.0. The van der Waals surface area contributed by atoms with Gasteiger partial charge in [-0.3, -0.25) is 4.79 Å². The van der Waals surface area contributed by atoms with Crippen molar-refractivity contribution in [1.29, 1.82) is 0 Å². The molecule has 0 saturated carbocycles. The summed E-state index contributed by atoms with van der Waals surface area (Å²) >= 11 is 0. The van der Waals surface area contributed by atoms with Crippen molar-refractivity contribution in [3.05, 3.63) is 35.4 Å². The Bertz CT molecular complexity index is 361. The zero-order valence-electron chi connectivity index (χ0n) is 10.9. The maximum atomic E-state index is 11.0. The van der Waals surface area contributed by atoms with E-state index in [9.17, 15) is 4.79 Å². The van der Waals surface area contributed by atoms with Crippen LogP contribution in [0.25, 0.3) is 0 Å². The molecule has 1 rings (SSSR count). The molecule has 94 valence electrons. The van der Waals surface area contributed by atoms with Gasteiger partial charge in [0.05, 0.1) is 6.54 Å². The number of amides is 1. The highest BCUT2D eigenvalue weighted by Crippen LogP contribution is 2.15. The van der Waals surface area contributed by atoms with E-state index in [1.54, 1.807) is 7.05 Å². The van der Waals surface area contributed by atoms with E-state index in [4.69, 9.17) is 0 Å². The van der Waals surface area contributed by atoms with Crippen LogP contribution < -0.4 is 10.6 Å². The number of rotatable bonds is 6. The molecule has 0 heterocycles. The Hall–Kier alpha value is -1.35.